The van der Waals surface area contributed by atoms with Crippen molar-refractivity contribution in [2.45, 2.75) is 19.5 Å². The monoisotopic (exact) mass is 468 g/mol. The molecule has 1 unspecified atom stereocenters. The average Bonchev–Trinajstić information content (AvgIpc) is 3.65. The van der Waals surface area contributed by atoms with Gasteiger partial charge < -0.3 is 18.8 Å². The minimum atomic E-state index is 0.296. The van der Waals surface area contributed by atoms with Gasteiger partial charge in [-0.15, -0.1) is 10.2 Å². The summed E-state index contributed by atoms with van der Waals surface area (Å²) in [5.41, 5.74) is 2.91. The third-order valence-corrected chi connectivity index (χ3v) is 6.84. The van der Waals surface area contributed by atoms with Crippen LogP contribution in [0.15, 0.2) is 65.3 Å². The van der Waals surface area contributed by atoms with Gasteiger partial charge in [-0.2, -0.15) is 0 Å². The lowest BCUT2D eigenvalue weighted by molar-refractivity contribution is 0.173. The van der Waals surface area contributed by atoms with Gasteiger partial charge in [0.2, 0.25) is 18.6 Å². The molecular weight excluding hydrogens is 444 g/mol. The highest BCUT2D eigenvalue weighted by atomic mass is 16.7. The van der Waals surface area contributed by atoms with E-state index in [-0.39, 0.29) is 0 Å². The van der Waals surface area contributed by atoms with Gasteiger partial charge in [-0.25, -0.2) is 9.38 Å². The molecule has 7 rings (SSSR count). The summed E-state index contributed by atoms with van der Waals surface area (Å²) in [7, 11) is 0. The van der Waals surface area contributed by atoms with Crippen molar-refractivity contribution in [2.75, 3.05) is 31.3 Å². The Kier molecular flexibility index (Phi) is 4.63. The van der Waals surface area contributed by atoms with Gasteiger partial charge in [-0.05, 0) is 48.9 Å². The first-order chi connectivity index (χ1) is 17.2. The van der Waals surface area contributed by atoms with Crippen LogP contribution in [-0.4, -0.2) is 57.0 Å². The van der Waals surface area contributed by atoms with E-state index in [1.165, 1.54) is 5.56 Å². The van der Waals surface area contributed by atoms with Gasteiger partial charge >= 0.3 is 0 Å². The summed E-state index contributed by atoms with van der Waals surface area (Å²) < 4.78 is 18.7. The summed E-state index contributed by atoms with van der Waals surface area (Å²) in [6.07, 6.45) is 1.65. The van der Waals surface area contributed by atoms with Crippen molar-refractivity contribution in [3.8, 4) is 23.1 Å². The molecule has 35 heavy (non-hydrogen) atoms. The summed E-state index contributed by atoms with van der Waals surface area (Å²) in [5, 5.41) is 9.98. The van der Waals surface area contributed by atoms with Gasteiger partial charge in [0.05, 0.1) is 11.8 Å². The van der Waals surface area contributed by atoms with Crippen LogP contribution in [0.4, 0.5) is 5.95 Å². The number of benzene rings is 2. The Morgan fingerprint density at radius 1 is 0.971 bits per heavy atom. The molecule has 1 saturated heterocycles. The van der Waals surface area contributed by atoms with Crippen molar-refractivity contribution in [3.05, 3.63) is 66.4 Å². The highest BCUT2D eigenvalue weighted by molar-refractivity contribution is 5.93. The maximum absolute atomic E-state index is 5.68. The topological polar surface area (TPSA) is 81.2 Å². The predicted octanol–water partition coefficient (Wildman–Crippen LogP) is 3.98. The second-order valence-corrected chi connectivity index (χ2v) is 9.04. The maximum Gasteiger partial charge on any atom is 0.231 e. The molecule has 1 atom stereocenters. The van der Waals surface area contributed by atoms with Crippen LogP contribution < -0.4 is 14.4 Å². The van der Waals surface area contributed by atoms with Crippen LogP contribution >= 0.6 is 0 Å². The SMILES string of the molecule is CC1CN(c2nc3ccccc3c3nnc(-c4ccco4)n23)CCN1Cc1ccc2c(c1)OCO2. The summed E-state index contributed by atoms with van der Waals surface area (Å²) in [4.78, 5) is 9.89. The maximum atomic E-state index is 5.68. The Labute approximate surface area is 201 Å². The Bertz CT molecular complexity index is 1530. The van der Waals surface area contributed by atoms with Crippen LogP contribution in [0.25, 0.3) is 28.1 Å². The quantitative estimate of drug-likeness (QED) is 0.392. The van der Waals surface area contributed by atoms with E-state index in [4.69, 9.17) is 18.9 Å². The van der Waals surface area contributed by atoms with Crippen LogP contribution in [0.1, 0.15) is 12.5 Å². The van der Waals surface area contributed by atoms with E-state index in [1.54, 1.807) is 6.26 Å². The van der Waals surface area contributed by atoms with Gasteiger partial charge in [0.25, 0.3) is 0 Å². The number of piperazine rings is 1. The molecule has 0 saturated carbocycles. The number of hydrogen-bond acceptors (Lipinski definition) is 8. The Morgan fingerprint density at radius 3 is 2.77 bits per heavy atom. The van der Waals surface area contributed by atoms with E-state index in [9.17, 15) is 0 Å². The number of para-hydroxylation sites is 1. The fraction of sp³-hybridized carbons (Fsp3) is 0.269. The van der Waals surface area contributed by atoms with Gasteiger partial charge in [0.1, 0.15) is 0 Å². The second kappa shape index (κ2) is 7.99. The van der Waals surface area contributed by atoms with Crippen molar-refractivity contribution in [3.63, 3.8) is 0 Å². The average molecular weight is 469 g/mol. The normalized spacial score (nSPS) is 18.1. The molecule has 0 aliphatic carbocycles. The van der Waals surface area contributed by atoms with E-state index in [0.29, 0.717) is 24.4 Å². The van der Waals surface area contributed by atoms with Gasteiger partial charge in [0.15, 0.2) is 22.9 Å². The van der Waals surface area contributed by atoms with E-state index in [0.717, 1.165) is 60.2 Å². The van der Waals surface area contributed by atoms with Crippen LogP contribution in [0.5, 0.6) is 11.5 Å². The zero-order valence-electron chi connectivity index (χ0n) is 19.3. The minimum Gasteiger partial charge on any atom is -0.461 e. The number of ether oxygens (including phenoxy) is 2. The molecule has 2 aliphatic heterocycles. The number of furan rings is 1. The van der Waals surface area contributed by atoms with E-state index >= 15 is 0 Å². The summed E-state index contributed by atoms with van der Waals surface area (Å²) in [6.45, 7) is 5.99. The molecule has 0 radical (unpaired) electrons. The molecule has 0 bridgehead atoms. The first-order valence-electron chi connectivity index (χ1n) is 11.8. The molecule has 5 aromatic rings. The highest BCUT2D eigenvalue weighted by Crippen LogP contribution is 2.34. The van der Waals surface area contributed by atoms with Crippen molar-refractivity contribution in [1.82, 2.24) is 24.5 Å². The summed E-state index contributed by atoms with van der Waals surface area (Å²) >= 11 is 0. The van der Waals surface area contributed by atoms with Crippen LogP contribution in [0.2, 0.25) is 0 Å². The standard InChI is InChI=1S/C26H24N6O3/c1-17-14-31(11-10-30(17)15-18-8-9-21-23(13-18)35-16-34-21)26-27-20-6-3-2-5-19(20)24-28-29-25(32(24)26)22-7-4-12-33-22/h2-9,12-13,17H,10-11,14-16H2,1H3. The number of fused-ring (bicyclic) bond motifs is 4. The lowest BCUT2D eigenvalue weighted by atomic mass is 10.1. The zero-order chi connectivity index (χ0) is 23.4. The fourth-order valence-corrected chi connectivity index (χ4v) is 5.03. The second-order valence-electron chi connectivity index (χ2n) is 9.04. The number of aromatic nitrogens is 4. The lowest BCUT2D eigenvalue weighted by Gasteiger charge is -2.40. The van der Waals surface area contributed by atoms with Crippen molar-refractivity contribution >= 4 is 22.5 Å². The van der Waals surface area contributed by atoms with Crippen molar-refractivity contribution in [1.29, 1.82) is 0 Å². The van der Waals surface area contributed by atoms with Gasteiger partial charge in [0, 0.05) is 37.6 Å². The van der Waals surface area contributed by atoms with Crippen LogP contribution in [0, 0.1) is 0 Å². The van der Waals surface area contributed by atoms with Crippen molar-refractivity contribution < 1.29 is 13.9 Å². The molecule has 0 spiro atoms. The van der Waals surface area contributed by atoms with Gasteiger partial charge in [-0.1, -0.05) is 18.2 Å². The Hall–Kier alpha value is -4.11. The Morgan fingerprint density at radius 2 is 1.89 bits per heavy atom. The lowest BCUT2D eigenvalue weighted by Crippen LogP contribution is -2.52. The zero-order valence-corrected chi connectivity index (χ0v) is 19.3. The Balaban J connectivity index is 1.22. The third kappa shape index (κ3) is 3.38. The summed E-state index contributed by atoms with van der Waals surface area (Å²) in [5.74, 6) is 3.82. The highest BCUT2D eigenvalue weighted by Gasteiger charge is 2.28. The molecule has 176 valence electrons. The first kappa shape index (κ1) is 20.3. The molecule has 9 nitrogen and oxygen atoms in total. The van der Waals surface area contributed by atoms with E-state index in [1.807, 2.05) is 46.9 Å². The molecular formula is C26H24N6O3. The summed E-state index contributed by atoms with van der Waals surface area (Å²) in [6, 6.07) is 18.4. The first-order valence-corrected chi connectivity index (χ1v) is 11.8. The number of hydrogen-bond donors (Lipinski definition) is 0. The molecule has 0 amide bonds. The molecule has 2 aromatic carbocycles. The number of anilines is 1. The predicted molar refractivity (Wildman–Crippen MR) is 131 cm³/mol. The van der Waals surface area contributed by atoms with Crippen LogP contribution in [0.3, 0.4) is 0 Å². The third-order valence-electron chi connectivity index (χ3n) is 6.84. The number of rotatable bonds is 4. The molecule has 2 aliphatic rings. The van der Waals surface area contributed by atoms with E-state index in [2.05, 4.69) is 39.1 Å². The molecule has 9 heteroatoms. The van der Waals surface area contributed by atoms with Gasteiger partial charge in [-0.3, -0.25) is 4.90 Å². The van der Waals surface area contributed by atoms with Crippen LogP contribution in [-0.2, 0) is 6.54 Å². The largest absolute Gasteiger partial charge is 0.461 e. The smallest absolute Gasteiger partial charge is 0.231 e. The molecule has 0 N–H and O–H groups in total. The van der Waals surface area contributed by atoms with Crippen molar-refractivity contribution in [2.24, 2.45) is 0 Å². The fourth-order valence-electron chi connectivity index (χ4n) is 5.03. The molecule has 3 aromatic heterocycles. The molecule has 5 heterocycles. The minimum absolute atomic E-state index is 0.296. The number of nitrogens with zero attached hydrogens (tertiary/aromatic N) is 6. The van der Waals surface area contributed by atoms with E-state index < -0.39 is 0 Å². The molecule has 1 fully saturated rings.